The van der Waals surface area contributed by atoms with E-state index in [4.69, 9.17) is 42.6 Å². The lowest BCUT2D eigenvalue weighted by Gasteiger charge is -2.33. The molecule has 6 aromatic rings. The predicted octanol–water partition coefficient (Wildman–Crippen LogP) is 8.66. The number of hydrogen-bond acceptors (Lipinski definition) is 11. The third-order valence-electron chi connectivity index (χ3n) is 9.74. The molecule has 1 aliphatic heterocycles. The van der Waals surface area contributed by atoms with Gasteiger partial charge in [0.1, 0.15) is 78.0 Å². The van der Waals surface area contributed by atoms with Crippen molar-refractivity contribution in [2.75, 3.05) is 28.4 Å². The van der Waals surface area contributed by atoms with Gasteiger partial charge in [0.2, 0.25) is 6.29 Å². The number of fused-ring (bicyclic) bond motifs is 1. The maximum absolute atomic E-state index is 13.9. The van der Waals surface area contributed by atoms with Gasteiger partial charge in [-0.05, 0) is 101 Å². The Hall–Kier alpha value is -6.85. The number of carbonyl (C=O) groups excluding carboxylic acids is 1. The first-order chi connectivity index (χ1) is 28.3. The highest BCUT2D eigenvalue weighted by atomic mass is 16.6. The standard InChI is InChI=1S/C47H44O11/c1-50-34-13-5-30(6-14-34)26-54-38-21-22-40(55-27-31-7-15-35(51-2)16-8-31)39(25-38)43-44-41(56-28-32-9-17-36(52-3)18-10-32)23-24-42(45(44)47(49)58-46(43)48)57-29-33-11-19-37(53-4)20-12-33/h5-25,43,46,48H,26-29H2,1-4H3. The van der Waals surface area contributed by atoms with Crippen molar-refractivity contribution in [3.05, 3.63) is 166 Å². The second-order valence-corrected chi connectivity index (χ2v) is 13.4. The molecule has 0 aliphatic carbocycles. The van der Waals surface area contributed by atoms with Crippen molar-refractivity contribution in [3.63, 3.8) is 0 Å². The molecule has 7 rings (SSSR count). The monoisotopic (exact) mass is 784 g/mol. The van der Waals surface area contributed by atoms with E-state index in [2.05, 4.69) is 0 Å². The summed E-state index contributed by atoms with van der Waals surface area (Å²) >= 11 is 0. The van der Waals surface area contributed by atoms with Gasteiger partial charge < -0.3 is 47.7 Å². The van der Waals surface area contributed by atoms with Crippen LogP contribution < -0.4 is 37.9 Å². The minimum atomic E-state index is -1.62. The third-order valence-corrected chi connectivity index (χ3v) is 9.74. The van der Waals surface area contributed by atoms with E-state index in [1.807, 2.05) is 97.1 Å². The van der Waals surface area contributed by atoms with Crippen LogP contribution in [-0.4, -0.2) is 45.8 Å². The molecule has 0 saturated carbocycles. The smallest absolute Gasteiger partial charge is 0.344 e. The maximum atomic E-state index is 13.9. The average Bonchev–Trinajstić information content (AvgIpc) is 3.27. The van der Waals surface area contributed by atoms with Crippen molar-refractivity contribution in [1.82, 2.24) is 0 Å². The van der Waals surface area contributed by atoms with Crippen LogP contribution in [0.3, 0.4) is 0 Å². The minimum absolute atomic E-state index is 0.127. The molecule has 1 aliphatic rings. The predicted molar refractivity (Wildman–Crippen MR) is 215 cm³/mol. The Labute approximate surface area is 337 Å². The Morgan fingerprint density at radius 2 is 0.828 bits per heavy atom. The van der Waals surface area contributed by atoms with Crippen molar-refractivity contribution in [2.45, 2.75) is 38.6 Å². The minimum Gasteiger partial charge on any atom is -0.497 e. The number of carbonyl (C=O) groups is 1. The summed E-state index contributed by atoms with van der Waals surface area (Å²) in [5.41, 5.74) is 4.54. The van der Waals surface area contributed by atoms with Crippen LogP contribution in [0.4, 0.5) is 0 Å². The van der Waals surface area contributed by atoms with Crippen LogP contribution in [0.15, 0.2) is 127 Å². The van der Waals surface area contributed by atoms with E-state index in [0.717, 1.165) is 33.8 Å². The lowest BCUT2D eigenvalue weighted by atomic mass is 9.84. The first-order valence-corrected chi connectivity index (χ1v) is 18.6. The number of hydrogen-bond donors (Lipinski definition) is 1. The number of aliphatic hydroxyl groups excluding tert-OH is 1. The zero-order valence-corrected chi connectivity index (χ0v) is 32.6. The van der Waals surface area contributed by atoms with Gasteiger partial charge in [0.05, 0.1) is 34.4 Å². The highest BCUT2D eigenvalue weighted by Gasteiger charge is 2.42. The molecule has 0 aromatic heterocycles. The van der Waals surface area contributed by atoms with Crippen LogP contribution >= 0.6 is 0 Å². The quantitative estimate of drug-likeness (QED) is 0.0895. The molecule has 1 heterocycles. The van der Waals surface area contributed by atoms with Crippen LogP contribution in [0.2, 0.25) is 0 Å². The number of aliphatic hydroxyl groups is 1. The SMILES string of the molecule is COc1ccc(COc2ccc(OCc3ccc(OC)cc3)c(C3c4c(OCc5ccc(OC)cc5)ccc(OCc5ccc(OC)cc5)c4C(=O)OC3O)c2)cc1. The average molecular weight is 785 g/mol. The lowest BCUT2D eigenvalue weighted by molar-refractivity contribution is -0.0800. The second kappa shape index (κ2) is 18.4. The van der Waals surface area contributed by atoms with E-state index in [0.29, 0.717) is 39.9 Å². The van der Waals surface area contributed by atoms with Gasteiger partial charge in [0.15, 0.2) is 0 Å². The van der Waals surface area contributed by atoms with Gasteiger partial charge in [0.25, 0.3) is 0 Å². The first kappa shape index (κ1) is 39.4. The summed E-state index contributed by atoms with van der Waals surface area (Å²) in [7, 11) is 6.44. The van der Waals surface area contributed by atoms with Crippen LogP contribution in [0, 0.1) is 0 Å². The number of benzene rings is 6. The van der Waals surface area contributed by atoms with Crippen LogP contribution in [0.25, 0.3) is 0 Å². The Balaban J connectivity index is 1.29. The van der Waals surface area contributed by atoms with Crippen molar-refractivity contribution in [2.24, 2.45) is 0 Å². The molecule has 0 fully saturated rings. The third kappa shape index (κ3) is 9.22. The van der Waals surface area contributed by atoms with Gasteiger partial charge >= 0.3 is 5.97 Å². The summed E-state index contributed by atoms with van der Waals surface area (Å²) in [6.45, 7) is 0.762. The van der Waals surface area contributed by atoms with Crippen molar-refractivity contribution >= 4 is 5.97 Å². The molecule has 0 saturated heterocycles. The molecule has 2 atom stereocenters. The highest BCUT2D eigenvalue weighted by molar-refractivity contribution is 5.97. The van der Waals surface area contributed by atoms with Gasteiger partial charge in [-0.25, -0.2) is 4.79 Å². The maximum Gasteiger partial charge on any atom is 0.344 e. The van der Waals surface area contributed by atoms with Crippen molar-refractivity contribution in [1.29, 1.82) is 0 Å². The second-order valence-electron chi connectivity index (χ2n) is 13.4. The molecular weight excluding hydrogens is 741 g/mol. The normalized spacial score (nSPS) is 14.4. The molecule has 0 spiro atoms. The molecule has 6 aromatic carbocycles. The summed E-state index contributed by atoms with van der Waals surface area (Å²) in [6.07, 6.45) is -1.62. The van der Waals surface area contributed by atoms with Gasteiger partial charge in [0, 0.05) is 11.1 Å². The van der Waals surface area contributed by atoms with E-state index >= 15 is 0 Å². The van der Waals surface area contributed by atoms with E-state index < -0.39 is 18.2 Å². The Morgan fingerprint density at radius 1 is 0.466 bits per heavy atom. The fraction of sp³-hybridized carbons (Fsp3) is 0.213. The number of methoxy groups -OCH3 is 4. The zero-order valence-electron chi connectivity index (χ0n) is 32.6. The van der Waals surface area contributed by atoms with Crippen LogP contribution in [0.5, 0.6) is 46.0 Å². The largest absolute Gasteiger partial charge is 0.497 e. The number of ether oxygens (including phenoxy) is 9. The van der Waals surface area contributed by atoms with Gasteiger partial charge in [-0.1, -0.05) is 48.5 Å². The molecule has 11 heteroatoms. The Morgan fingerprint density at radius 3 is 1.28 bits per heavy atom. The van der Waals surface area contributed by atoms with E-state index in [9.17, 15) is 9.90 Å². The molecule has 11 nitrogen and oxygen atoms in total. The van der Waals surface area contributed by atoms with Gasteiger partial charge in [-0.15, -0.1) is 0 Å². The number of rotatable bonds is 17. The molecule has 58 heavy (non-hydrogen) atoms. The van der Waals surface area contributed by atoms with E-state index in [-0.39, 0.29) is 37.7 Å². The van der Waals surface area contributed by atoms with Gasteiger partial charge in [-0.3, -0.25) is 0 Å². The Bertz CT molecular complexity index is 2290. The van der Waals surface area contributed by atoms with Crippen molar-refractivity contribution in [3.8, 4) is 46.0 Å². The van der Waals surface area contributed by atoms with E-state index in [1.54, 1.807) is 58.8 Å². The summed E-state index contributed by atoms with van der Waals surface area (Å²) in [6, 6.07) is 38.8. The molecular formula is C47H44O11. The lowest BCUT2D eigenvalue weighted by Crippen LogP contribution is -2.34. The van der Waals surface area contributed by atoms with E-state index in [1.165, 1.54) is 0 Å². The fourth-order valence-electron chi connectivity index (χ4n) is 6.56. The number of cyclic esters (lactones) is 1. The molecule has 298 valence electrons. The molecule has 0 radical (unpaired) electrons. The zero-order chi connectivity index (χ0) is 40.4. The summed E-state index contributed by atoms with van der Waals surface area (Å²) < 4.78 is 52.5. The number of esters is 1. The fourth-order valence-corrected chi connectivity index (χ4v) is 6.56. The van der Waals surface area contributed by atoms with Crippen LogP contribution in [0.1, 0.15) is 49.7 Å². The van der Waals surface area contributed by atoms with Crippen molar-refractivity contribution < 1.29 is 52.5 Å². The van der Waals surface area contributed by atoms with Gasteiger partial charge in [-0.2, -0.15) is 0 Å². The molecule has 1 N–H and O–H groups in total. The molecule has 2 unspecified atom stereocenters. The highest BCUT2D eigenvalue weighted by Crippen LogP contribution is 2.48. The molecule has 0 bridgehead atoms. The Kier molecular flexibility index (Phi) is 12.5. The molecule has 0 amide bonds. The first-order valence-electron chi connectivity index (χ1n) is 18.6. The topological polar surface area (TPSA) is 120 Å². The summed E-state index contributed by atoms with van der Waals surface area (Å²) in [4.78, 5) is 13.9. The summed E-state index contributed by atoms with van der Waals surface area (Å²) in [5.74, 6) is 2.68. The van der Waals surface area contributed by atoms with Crippen LogP contribution in [-0.2, 0) is 31.2 Å². The summed E-state index contributed by atoms with van der Waals surface area (Å²) in [5, 5.41) is 11.8.